The Bertz CT molecular complexity index is 1100. The Balaban J connectivity index is 1.79. The molecule has 3 nitrogen and oxygen atoms in total. The lowest BCUT2D eigenvalue weighted by atomic mass is 10.2. The number of ether oxygens (including phenoxy) is 1. The summed E-state index contributed by atoms with van der Waals surface area (Å²) in [6.45, 7) is 2.28. The highest BCUT2D eigenvalue weighted by molar-refractivity contribution is 5.89. The first kappa shape index (κ1) is 18.3. The molecule has 4 rings (SSSR count). The number of hydrogen-bond acceptors (Lipinski definition) is 2. The third-order valence-electron chi connectivity index (χ3n) is 4.89. The monoisotopic (exact) mass is 375 g/mol. The van der Waals surface area contributed by atoms with Crippen molar-refractivity contribution in [1.82, 2.24) is 4.57 Å². The van der Waals surface area contributed by atoms with Gasteiger partial charge in [-0.3, -0.25) is 0 Å². The van der Waals surface area contributed by atoms with Gasteiger partial charge in [0.15, 0.2) is 0 Å². The van der Waals surface area contributed by atoms with Gasteiger partial charge in [0, 0.05) is 29.8 Å². The predicted molar refractivity (Wildman–Crippen MR) is 110 cm³/mol. The first-order valence-electron chi connectivity index (χ1n) is 9.35. The fourth-order valence-electron chi connectivity index (χ4n) is 3.49. The van der Waals surface area contributed by atoms with Crippen LogP contribution in [0.1, 0.15) is 16.8 Å². The summed E-state index contributed by atoms with van der Waals surface area (Å²) in [6.07, 6.45) is 0.503. The molecule has 1 aromatic heterocycles. The van der Waals surface area contributed by atoms with Gasteiger partial charge in [-0.2, -0.15) is 0 Å². The Morgan fingerprint density at radius 3 is 2.54 bits per heavy atom. The van der Waals surface area contributed by atoms with E-state index in [1.54, 1.807) is 13.0 Å². The first-order chi connectivity index (χ1) is 13.7. The SMILES string of the molecule is Cc1cc(-n2c(CCO)cc3c(OCc4ccccc4)cccc32)ccc1F. The van der Waals surface area contributed by atoms with Gasteiger partial charge in [-0.05, 0) is 54.4 Å². The fourth-order valence-corrected chi connectivity index (χ4v) is 3.49. The van der Waals surface area contributed by atoms with E-state index in [2.05, 4.69) is 4.57 Å². The molecule has 3 aromatic carbocycles. The maximum Gasteiger partial charge on any atom is 0.129 e. The molecule has 0 spiro atoms. The van der Waals surface area contributed by atoms with E-state index in [9.17, 15) is 9.50 Å². The van der Waals surface area contributed by atoms with Crippen LogP contribution in [0, 0.1) is 12.7 Å². The highest BCUT2D eigenvalue weighted by atomic mass is 19.1. The van der Waals surface area contributed by atoms with E-state index in [1.165, 1.54) is 6.07 Å². The lowest BCUT2D eigenvalue weighted by Crippen LogP contribution is -2.03. The Labute approximate surface area is 163 Å². The van der Waals surface area contributed by atoms with E-state index in [4.69, 9.17) is 4.74 Å². The standard InChI is InChI=1S/C24H22FNO2/c1-17-14-19(10-11-22(17)25)26-20(12-13-27)15-21-23(26)8-5-9-24(21)28-16-18-6-3-2-4-7-18/h2-11,14-15,27H,12-13,16H2,1H3. The number of benzene rings is 3. The number of fused-ring (bicyclic) bond motifs is 1. The zero-order valence-corrected chi connectivity index (χ0v) is 15.7. The van der Waals surface area contributed by atoms with E-state index in [0.717, 1.165) is 33.6 Å². The van der Waals surface area contributed by atoms with Gasteiger partial charge < -0.3 is 14.4 Å². The Morgan fingerprint density at radius 1 is 0.964 bits per heavy atom. The van der Waals surface area contributed by atoms with Crippen LogP contribution < -0.4 is 4.74 Å². The topological polar surface area (TPSA) is 34.4 Å². The van der Waals surface area contributed by atoms with Crippen molar-refractivity contribution in [2.75, 3.05) is 6.61 Å². The summed E-state index contributed by atoms with van der Waals surface area (Å²) >= 11 is 0. The van der Waals surface area contributed by atoms with Crippen LogP contribution in [0.15, 0.2) is 72.8 Å². The molecule has 0 radical (unpaired) electrons. The first-order valence-corrected chi connectivity index (χ1v) is 9.35. The minimum absolute atomic E-state index is 0.0384. The maximum atomic E-state index is 13.8. The van der Waals surface area contributed by atoms with Gasteiger partial charge in [-0.15, -0.1) is 0 Å². The van der Waals surface area contributed by atoms with Gasteiger partial charge in [0.2, 0.25) is 0 Å². The van der Waals surface area contributed by atoms with Crippen LogP contribution in [-0.4, -0.2) is 16.3 Å². The van der Waals surface area contributed by atoms with Gasteiger partial charge in [-0.1, -0.05) is 36.4 Å². The van der Waals surface area contributed by atoms with E-state index in [1.807, 2.05) is 60.7 Å². The molecule has 0 saturated heterocycles. The summed E-state index contributed by atoms with van der Waals surface area (Å²) in [6, 6.07) is 23.1. The zero-order valence-electron chi connectivity index (χ0n) is 15.7. The van der Waals surface area contributed by atoms with Gasteiger partial charge in [0.25, 0.3) is 0 Å². The molecular formula is C24H22FNO2. The summed E-state index contributed by atoms with van der Waals surface area (Å²) in [7, 11) is 0. The number of aryl methyl sites for hydroxylation is 1. The molecule has 0 atom stereocenters. The molecule has 28 heavy (non-hydrogen) atoms. The molecule has 0 bridgehead atoms. The van der Waals surface area contributed by atoms with Crippen molar-refractivity contribution in [3.8, 4) is 11.4 Å². The second kappa shape index (κ2) is 7.87. The molecule has 1 heterocycles. The van der Waals surface area contributed by atoms with Crippen molar-refractivity contribution in [2.45, 2.75) is 20.0 Å². The van der Waals surface area contributed by atoms with Crippen molar-refractivity contribution >= 4 is 10.9 Å². The average Bonchev–Trinajstić information content (AvgIpc) is 3.08. The minimum atomic E-state index is -0.226. The Kier molecular flexibility index (Phi) is 5.13. The van der Waals surface area contributed by atoms with Crippen LogP contribution in [0.2, 0.25) is 0 Å². The molecular weight excluding hydrogens is 353 g/mol. The van der Waals surface area contributed by atoms with E-state index in [-0.39, 0.29) is 12.4 Å². The molecule has 4 aromatic rings. The molecule has 0 saturated carbocycles. The van der Waals surface area contributed by atoms with Crippen molar-refractivity contribution in [2.24, 2.45) is 0 Å². The van der Waals surface area contributed by atoms with Crippen LogP contribution >= 0.6 is 0 Å². The molecule has 1 N–H and O–H groups in total. The third-order valence-corrected chi connectivity index (χ3v) is 4.89. The highest BCUT2D eigenvalue weighted by Gasteiger charge is 2.14. The maximum absolute atomic E-state index is 13.8. The van der Waals surface area contributed by atoms with Crippen LogP contribution in [0.3, 0.4) is 0 Å². The zero-order chi connectivity index (χ0) is 19.5. The van der Waals surface area contributed by atoms with Gasteiger partial charge in [0.05, 0.1) is 5.52 Å². The fraction of sp³-hybridized carbons (Fsp3) is 0.167. The van der Waals surface area contributed by atoms with Crippen LogP contribution in [0.4, 0.5) is 4.39 Å². The Morgan fingerprint density at radius 2 is 1.79 bits per heavy atom. The van der Waals surface area contributed by atoms with E-state index >= 15 is 0 Å². The van der Waals surface area contributed by atoms with E-state index < -0.39 is 0 Å². The number of nitrogens with zero attached hydrogens (tertiary/aromatic N) is 1. The number of aliphatic hydroxyl groups is 1. The summed E-state index contributed by atoms with van der Waals surface area (Å²) in [5.41, 5.74) is 4.49. The second-order valence-corrected chi connectivity index (χ2v) is 6.84. The summed E-state index contributed by atoms with van der Waals surface area (Å²) < 4.78 is 21.9. The molecule has 0 aliphatic heterocycles. The highest BCUT2D eigenvalue weighted by Crippen LogP contribution is 2.32. The molecule has 0 aliphatic rings. The predicted octanol–water partition coefficient (Wildman–Crippen LogP) is 5.19. The largest absolute Gasteiger partial charge is 0.488 e. The Hall–Kier alpha value is -3.11. The molecule has 0 fully saturated rings. The second-order valence-electron chi connectivity index (χ2n) is 6.84. The van der Waals surface area contributed by atoms with Gasteiger partial charge in [0.1, 0.15) is 18.2 Å². The average molecular weight is 375 g/mol. The lowest BCUT2D eigenvalue weighted by Gasteiger charge is -2.12. The smallest absolute Gasteiger partial charge is 0.129 e. The summed E-state index contributed by atoms with van der Waals surface area (Å²) in [5.74, 6) is 0.564. The number of rotatable bonds is 6. The van der Waals surface area contributed by atoms with E-state index in [0.29, 0.717) is 18.6 Å². The number of halogens is 1. The lowest BCUT2D eigenvalue weighted by molar-refractivity contribution is 0.297. The summed E-state index contributed by atoms with van der Waals surface area (Å²) in [4.78, 5) is 0. The minimum Gasteiger partial charge on any atom is -0.488 e. The molecule has 4 heteroatoms. The van der Waals surface area contributed by atoms with Gasteiger partial charge in [-0.25, -0.2) is 4.39 Å². The third kappa shape index (κ3) is 3.51. The molecule has 0 aliphatic carbocycles. The summed E-state index contributed by atoms with van der Waals surface area (Å²) in [5, 5.41) is 10.5. The number of hydrogen-bond donors (Lipinski definition) is 1. The van der Waals surface area contributed by atoms with Gasteiger partial charge >= 0.3 is 0 Å². The number of aliphatic hydroxyl groups excluding tert-OH is 1. The molecule has 0 unspecified atom stereocenters. The van der Waals surface area contributed by atoms with Crippen LogP contribution in [0.25, 0.3) is 16.6 Å². The number of aromatic nitrogens is 1. The molecule has 142 valence electrons. The van der Waals surface area contributed by atoms with Crippen molar-refractivity contribution in [1.29, 1.82) is 0 Å². The van der Waals surface area contributed by atoms with Crippen LogP contribution in [0.5, 0.6) is 5.75 Å². The van der Waals surface area contributed by atoms with Crippen LogP contribution in [-0.2, 0) is 13.0 Å². The molecule has 0 amide bonds. The normalized spacial score (nSPS) is 11.1. The quantitative estimate of drug-likeness (QED) is 0.503. The van der Waals surface area contributed by atoms with Crippen molar-refractivity contribution < 1.29 is 14.2 Å². The van der Waals surface area contributed by atoms with Crippen molar-refractivity contribution in [3.05, 3.63) is 95.4 Å². The van der Waals surface area contributed by atoms with Crippen molar-refractivity contribution in [3.63, 3.8) is 0 Å².